The number of hydrogen-bond donors (Lipinski definition) is 0. The predicted molar refractivity (Wildman–Crippen MR) is 105 cm³/mol. The third-order valence-corrected chi connectivity index (χ3v) is 4.50. The van der Waals surface area contributed by atoms with Crippen LogP contribution in [-0.2, 0) is 19.6 Å². The van der Waals surface area contributed by atoms with E-state index in [0.29, 0.717) is 18.3 Å². The molecule has 0 atom stereocenters. The number of imidazole rings is 1. The Bertz CT molecular complexity index is 984. The Morgan fingerprint density at radius 3 is 2.71 bits per heavy atom. The lowest BCUT2D eigenvalue weighted by atomic mass is 10.1. The van der Waals surface area contributed by atoms with Crippen LogP contribution in [0.2, 0.25) is 0 Å². The Hall–Kier alpha value is -3.28. The van der Waals surface area contributed by atoms with Crippen molar-refractivity contribution in [3.63, 3.8) is 0 Å². The van der Waals surface area contributed by atoms with Crippen molar-refractivity contribution in [1.29, 1.82) is 0 Å². The number of ether oxygens (including phenoxy) is 1. The van der Waals surface area contributed by atoms with Crippen LogP contribution in [0.25, 0.3) is 11.7 Å². The Morgan fingerprint density at radius 1 is 1.07 bits per heavy atom. The van der Waals surface area contributed by atoms with E-state index in [-0.39, 0.29) is 0 Å². The highest BCUT2D eigenvalue weighted by molar-refractivity contribution is 5.44. The van der Waals surface area contributed by atoms with Gasteiger partial charge in [0.2, 0.25) is 0 Å². The minimum Gasteiger partial charge on any atom is -0.487 e. The standard InChI is InChI=1S/C22H23N3O3/c1-17-5-10-21(28-17)22-24-19(15-27-22)14-26-20-8-6-18(7-9-20)4-2-3-12-25-13-11-23-16-25/h5-11,13,15-16H,2-4,12,14H2,1H3. The van der Waals surface area contributed by atoms with E-state index in [1.165, 1.54) is 5.56 Å². The first kappa shape index (κ1) is 18.1. The zero-order chi connectivity index (χ0) is 19.2. The normalized spacial score (nSPS) is 11.0. The van der Waals surface area contributed by atoms with Gasteiger partial charge >= 0.3 is 0 Å². The number of benzene rings is 1. The third kappa shape index (κ3) is 4.71. The molecule has 28 heavy (non-hydrogen) atoms. The van der Waals surface area contributed by atoms with Gasteiger partial charge < -0.3 is 18.1 Å². The van der Waals surface area contributed by atoms with E-state index in [1.54, 1.807) is 6.26 Å². The first-order valence-corrected chi connectivity index (χ1v) is 9.45. The molecule has 0 aliphatic heterocycles. The maximum Gasteiger partial charge on any atom is 0.263 e. The summed E-state index contributed by atoms with van der Waals surface area (Å²) in [6, 6.07) is 12.0. The summed E-state index contributed by atoms with van der Waals surface area (Å²) in [5.74, 6) is 2.74. The van der Waals surface area contributed by atoms with Crippen molar-refractivity contribution >= 4 is 0 Å². The molecule has 4 aromatic rings. The summed E-state index contributed by atoms with van der Waals surface area (Å²) in [5.41, 5.74) is 2.04. The smallest absolute Gasteiger partial charge is 0.263 e. The highest BCUT2D eigenvalue weighted by Gasteiger charge is 2.10. The highest BCUT2D eigenvalue weighted by Crippen LogP contribution is 2.22. The quantitative estimate of drug-likeness (QED) is 0.382. The van der Waals surface area contributed by atoms with E-state index in [4.69, 9.17) is 13.6 Å². The second-order valence-corrected chi connectivity index (χ2v) is 6.74. The maximum absolute atomic E-state index is 5.81. The zero-order valence-corrected chi connectivity index (χ0v) is 15.9. The van der Waals surface area contributed by atoms with E-state index in [0.717, 1.165) is 43.0 Å². The van der Waals surface area contributed by atoms with E-state index in [1.807, 2.05) is 49.9 Å². The van der Waals surface area contributed by atoms with E-state index >= 15 is 0 Å². The van der Waals surface area contributed by atoms with Gasteiger partial charge in [0.1, 0.15) is 30.1 Å². The summed E-state index contributed by atoms with van der Waals surface area (Å²) >= 11 is 0. The van der Waals surface area contributed by atoms with E-state index < -0.39 is 0 Å². The largest absolute Gasteiger partial charge is 0.487 e. The molecule has 0 N–H and O–H groups in total. The monoisotopic (exact) mass is 377 g/mol. The average Bonchev–Trinajstić information content (AvgIpc) is 3.46. The number of aryl methyl sites for hydroxylation is 3. The fraction of sp³-hybridized carbons (Fsp3) is 0.273. The van der Waals surface area contributed by atoms with E-state index in [9.17, 15) is 0 Å². The molecule has 0 saturated carbocycles. The number of rotatable bonds is 9. The third-order valence-electron chi connectivity index (χ3n) is 4.50. The molecule has 0 spiro atoms. The lowest BCUT2D eigenvalue weighted by Crippen LogP contribution is -1.97. The van der Waals surface area contributed by atoms with Crippen molar-refractivity contribution in [3.05, 3.63) is 78.4 Å². The van der Waals surface area contributed by atoms with Crippen molar-refractivity contribution in [2.75, 3.05) is 0 Å². The lowest BCUT2D eigenvalue weighted by Gasteiger charge is -2.06. The van der Waals surface area contributed by atoms with Crippen LogP contribution in [-0.4, -0.2) is 14.5 Å². The van der Waals surface area contributed by atoms with Crippen molar-refractivity contribution in [1.82, 2.24) is 14.5 Å². The fourth-order valence-electron chi connectivity index (χ4n) is 2.99. The van der Waals surface area contributed by atoms with Crippen LogP contribution < -0.4 is 4.74 Å². The van der Waals surface area contributed by atoms with Crippen molar-refractivity contribution in [3.8, 4) is 17.4 Å². The van der Waals surface area contributed by atoms with Crippen LogP contribution in [0.4, 0.5) is 0 Å². The number of nitrogens with zero attached hydrogens (tertiary/aromatic N) is 3. The SMILES string of the molecule is Cc1ccc(-c2nc(COc3ccc(CCCCn4ccnc4)cc3)co2)o1. The van der Waals surface area contributed by atoms with Crippen molar-refractivity contribution in [2.24, 2.45) is 0 Å². The summed E-state index contributed by atoms with van der Waals surface area (Å²) in [4.78, 5) is 8.47. The van der Waals surface area contributed by atoms with Crippen LogP contribution >= 0.6 is 0 Å². The van der Waals surface area contributed by atoms with Gasteiger partial charge in [-0.05, 0) is 56.0 Å². The van der Waals surface area contributed by atoms with Crippen LogP contribution in [0.5, 0.6) is 5.75 Å². The fourth-order valence-corrected chi connectivity index (χ4v) is 2.99. The minimum atomic E-state index is 0.355. The first-order valence-electron chi connectivity index (χ1n) is 9.45. The molecular formula is C22H23N3O3. The Labute approximate surface area is 163 Å². The highest BCUT2D eigenvalue weighted by atomic mass is 16.5. The molecule has 3 heterocycles. The maximum atomic E-state index is 5.81. The Balaban J connectivity index is 1.23. The van der Waals surface area contributed by atoms with Crippen molar-refractivity contribution < 1.29 is 13.6 Å². The number of hydrogen-bond acceptors (Lipinski definition) is 5. The van der Waals surface area contributed by atoms with Crippen LogP contribution in [0.15, 0.2) is 70.2 Å². The predicted octanol–water partition coefficient (Wildman–Crippen LogP) is 5.04. The Morgan fingerprint density at radius 2 is 1.96 bits per heavy atom. The van der Waals surface area contributed by atoms with Gasteiger partial charge in [-0.25, -0.2) is 9.97 Å². The summed E-state index contributed by atoms with van der Waals surface area (Å²) in [7, 11) is 0. The Kier molecular flexibility index (Phi) is 5.56. The van der Waals surface area contributed by atoms with Gasteiger partial charge in [-0.2, -0.15) is 0 Å². The van der Waals surface area contributed by atoms with Gasteiger partial charge in [0.05, 0.1) is 6.33 Å². The molecule has 0 radical (unpaired) electrons. The molecule has 6 heteroatoms. The molecule has 0 unspecified atom stereocenters. The zero-order valence-electron chi connectivity index (χ0n) is 15.9. The number of unbranched alkanes of at least 4 members (excludes halogenated alkanes) is 1. The molecule has 0 aliphatic rings. The molecule has 0 bridgehead atoms. The summed E-state index contributed by atoms with van der Waals surface area (Å²) in [6.07, 6.45) is 10.6. The molecule has 0 aliphatic carbocycles. The van der Waals surface area contributed by atoms with Crippen LogP contribution in [0, 0.1) is 6.92 Å². The number of oxazole rings is 1. The molecule has 144 valence electrons. The molecule has 0 fully saturated rings. The molecule has 0 saturated heterocycles. The number of furan rings is 1. The van der Waals surface area contributed by atoms with Gasteiger partial charge in [0.15, 0.2) is 5.76 Å². The van der Waals surface area contributed by atoms with Gasteiger partial charge in [0, 0.05) is 18.9 Å². The van der Waals surface area contributed by atoms with Crippen molar-refractivity contribution in [2.45, 2.75) is 39.3 Å². The average molecular weight is 377 g/mol. The molecule has 4 rings (SSSR count). The van der Waals surface area contributed by atoms with Gasteiger partial charge in [-0.1, -0.05) is 12.1 Å². The summed E-state index contributed by atoms with van der Waals surface area (Å²) in [6.45, 7) is 3.26. The number of aromatic nitrogens is 3. The minimum absolute atomic E-state index is 0.355. The molecule has 0 amide bonds. The van der Waals surface area contributed by atoms with Crippen LogP contribution in [0.3, 0.4) is 0 Å². The van der Waals surface area contributed by atoms with Gasteiger partial charge in [0.25, 0.3) is 5.89 Å². The van der Waals surface area contributed by atoms with Gasteiger partial charge in [-0.3, -0.25) is 0 Å². The molecular weight excluding hydrogens is 354 g/mol. The molecule has 6 nitrogen and oxygen atoms in total. The van der Waals surface area contributed by atoms with E-state index in [2.05, 4.69) is 26.7 Å². The van der Waals surface area contributed by atoms with Crippen LogP contribution in [0.1, 0.15) is 29.9 Å². The van der Waals surface area contributed by atoms with Gasteiger partial charge in [-0.15, -0.1) is 0 Å². The second-order valence-electron chi connectivity index (χ2n) is 6.74. The topological polar surface area (TPSA) is 66.2 Å². The molecule has 3 aromatic heterocycles. The second kappa shape index (κ2) is 8.61. The molecule has 1 aromatic carbocycles. The summed E-state index contributed by atoms with van der Waals surface area (Å²) in [5, 5.41) is 0. The summed E-state index contributed by atoms with van der Waals surface area (Å²) < 4.78 is 18.9. The lowest BCUT2D eigenvalue weighted by molar-refractivity contribution is 0.301. The first-order chi connectivity index (χ1) is 13.8.